The van der Waals surface area contributed by atoms with Crippen LogP contribution in [-0.4, -0.2) is 0 Å². The molecule has 0 fully saturated rings. The van der Waals surface area contributed by atoms with Crippen molar-refractivity contribution in [1.82, 2.24) is 0 Å². The van der Waals surface area contributed by atoms with E-state index in [0.29, 0.717) is 11.6 Å². The Morgan fingerprint density at radius 2 is 1.64 bits per heavy atom. The van der Waals surface area contributed by atoms with E-state index in [-0.39, 0.29) is 0 Å². The molecule has 1 aromatic carbocycles. The molecule has 0 spiro atoms. The van der Waals surface area contributed by atoms with Gasteiger partial charge < -0.3 is 0 Å². The molecular weight excluding hydrogens is 151 g/mol. The fourth-order valence-electron chi connectivity index (χ4n) is 1.06. The van der Waals surface area contributed by atoms with Gasteiger partial charge in [-0.25, -0.2) is 0 Å². The first-order valence-corrected chi connectivity index (χ1v) is 4.69. The molecule has 11 heavy (non-hydrogen) atoms. The maximum atomic E-state index is 2.89. The van der Waals surface area contributed by atoms with Gasteiger partial charge in [-0.3, -0.25) is 0 Å². The molecule has 0 aliphatic carbocycles. The Hall–Kier alpha value is -0.350. The topological polar surface area (TPSA) is 0 Å². The highest BCUT2D eigenvalue weighted by molar-refractivity contribution is 7.17. The average Bonchev–Trinajstić information content (AvgIpc) is 2.05. The summed E-state index contributed by atoms with van der Waals surface area (Å²) in [6, 6.07) is 10.6. The minimum absolute atomic E-state index is 0.594. The van der Waals surface area contributed by atoms with Crippen LogP contribution in [0.3, 0.4) is 0 Å². The van der Waals surface area contributed by atoms with Crippen LogP contribution in [0.1, 0.15) is 25.1 Å². The van der Waals surface area contributed by atoms with Gasteiger partial charge in [-0.2, -0.15) is 0 Å². The molecule has 1 rings (SSSR count). The van der Waals surface area contributed by atoms with Crippen LogP contribution in [0, 0.1) is 5.92 Å². The predicted molar refractivity (Wildman–Crippen MR) is 53.7 cm³/mol. The van der Waals surface area contributed by atoms with E-state index in [1.54, 1.807) is 0 Å². The summed E-state index contributed by atoms with van der Waals surface area (Å²) in [7, 11) is 2.89. The SMILES string of the molecule is CC(C)[C@@H](P)c1ccccc1. The van der Waals surface area contributed by atoms with Crippen molar-refractivity contribution in [3.05, 3.63) is 35.9 Å². The van der Waals surface area contributed by atoms with Crippen molar-refractivity contribution >= 4 is 9.24 Å². The molecule has 0 saturated heterocycles. The summed E-state index contributed by atoms with van der Waals surface area (Å²) in [5.41, 5.74) is 2.00. The monoisotopic (exact) mass is 166 g/mol. The Bertz CT molecular complexity index is 203. The quantitative estimate of drug-likeness (QED) is 0.591. The van der Waals surface area contributed by atoms with Crippen molar-refractivity contribution < 1.29 is 0 Å². The van der Waals surface area contributed by atoms with Crippen LogP contribution in [0.5, 0.6) is 0 Å². The zero-order valence-electron chi connectivity index (χ0n) is 7.12. The largest absolute Gasteiger partial charge is 0.129 e. The molecule has 0 radical (unpaired) electrons. The number of rotatable bonds is 2. The number of hydrogen-bond acceptors (Lipinski definition) is 0. The zero-order valence-corrected chi connectivity index (χ0v) is 8.27. The summed E-state index contributed by atoms with van der Waals surface area (Å²) in [4.78, 5) is 0. The molecule has 1 heteroatoms. The Morgan fingerprint density at radius 3 is 2.09 bits per heavy atom. The van der Waals surface area contributed by atoms with Crippen molar-refractivity contribution in [3.8, 4) is 0 Å². The first-order chi connectivity index (χ1) is 5.22. The summed E-state index contributed by atoms with van der Waals surface area (Å²) >= 11 is 0. The first-order valence-electron chi connectivity index (χ1n) is 4.02. The molecule has 1 unspecified atom stereocenters. The highest BCUT2D eigenvalue weighted by Gasteiger charge is 2.07. The average molecular weight is 166 g/mol. The molecule has 1 aromatic rings. The minimum Gasteiger partial charge on any atom is -0.129 e. The van der Waals surface area contributed by atoms with Crippen LogP contribution in [0.2, 0.25) is 0 Å². The normalized spacial score (nSPS) is 13.5. The fourth-order valence-corrected chi connectivity index (χ4v) is 1.28. The van der Waals surface area contributed by atoms with E-state index in [1.165, 1.54) is 5.56 Å². The minimum atomic E-state index is 0.594. The zero-order chi connectivity index (χ0) is 8.27. The van der Waals surface area contributed by atoms with Crippen molar-refractivity contribution in [2.24, 2.45) is 5.92 Å². The lowest BCUT2D eigenvalue weighted by atomic mass is 10.0. The van der Waals surface area contributed by atoms with E-state index in [2.05, 4.69) is 53.4 Å². The highest BCUT2D eigenvalue weighted by atomic mass is 31.0. The van der Waals surface area contributed by atoms with Crippen molar-refractivity contribution in [2.45, 2.75) is 19.5 Å². The lowest BCUT2D eigenvalue weighted by Crippen LogP contribution is -1.97. The lowest BCUT2D eigenvalue weighted by molar-refractivity contribution is 0.632. The Morgan fingerprint density at radius 1 is 1.09 bits per heavy atom. The smallest absolute Gasteiger partial charge is 0.000833 e. The standard InChI is InChI=1S/C10H15P/c1-8(2)10(11)9-6-4-3-5-7-9/h3-8,10H,11H2,1-2H3/t10-/m1/s1. The molecule has 0 amide bonds. The van der Waals surface area contributed by atoms with Crippen LogP contribution in [-0.2, 0) is 0 Å². The van der Waals surface area contributed by atoms with Crippen LogP contribution >= 0.6 is 9.24 Å². The van der Waals surface area contributed by atoms with E-state index < -0.39 is 0 Å². The summed E-state index contributed by atoms with van der Waals surface area (Å²) in [6.45, 7) is 4.48. The maximum Gasteiger partial charge on any atom is 0.000833 e. The van der Waals surface area contributed by atoms with E-state index in [9.17, 15) is 0 Å². The highest BCUT2D eigenvalue weighted by Crippen LogP contribution is 2.29. The second-order valence-electron chi connectivity index (χ2n) is 3.18. The lowest BCUT2D eigenvalue weighted by Gasteiger charge is -2.14. The molecule has 0 aliphatic rings. The third kappa shape index (κ3) is 2.31. The van der Waals surface area contributed by atoms with Gasteiger partial charge in [0.25, 0.3) is 0 Å². The Kier molecular flexibility index (Phi) is 3.08. The van der Waals surface area contributed by atoms with E-state index in [4.69, 9.17) is 0 Å². The molecule has 60 valence electrons. The van der Waals surface area contributed by atoms with Crippen molar-refractivity contribution in [1.29, 1.82) is 0 Å². The van der Waals surface area contributed by atoms with Gasteiger partial charge in [-0.15, -0.1) is 9.24 Å². The summed E-state index contributed by atoms with van der Waals surface area (Å²) in [5.74, 6) is 0.697. The van der Waals surface area contributed by atoms with Crippen molar-refractivity contribution in [2.75, 3.05) is 0 Å². The molecule has 0 aromatic heterocycles. The first kappa shape index (κ1) is 8.74. The molecular formula is C10H15P. The molecule has 0 heterocycles. The van der Waals surface area contributed by atoms with E-state index in [0.717, 1.165) is 0 Å². The Balaban J connectivity index is 2.77. The van der Waals surface area contributed by atoms with E-state index in [1.807, 2.05) is 0 Å². The van der Waals surface area contributed by atoms with Crippen LogP contribution < -0.4 is 0 Å². The van der Waals surface area contributed by atoms with Gasteiger partial charge in [-0.1, -0.05) is 44.2 Å². The number of hydrogen-bond donors (Lipinski definition) is 0. The molecule has 0 aliphatic heterocycles. The summed E-state index contributed by atoms with van der Waals surface area (Å²) < 4.78 is 0. The third-order valence-corrected chi connectivity index (χ3v) is 3.06. The van der Waals surface area contributed by atoms with E-state index >= 15 is 0 Å². The van der Waals surface area contributed by atoms with Gasteiger partial charge in [0.05, 0.1) is 0 Å². The molecule has 0 N–H and O–H groups in total. The van der Waals surface area contributed by atoms with Gasteiger partial charge in [0.15, 0.2) is 0 Å². The second kappa shape index (κ2) is 3.88. The van der Waals surface area contributed by atoms with Crippen molar-refractivity contribution in [3.63, 3.8) is 0 Å². The number of benzene rings is 1. The van der Waals surface area contributed by atoms with Crippen LogP contribution in [0.15, 0.2) is 30.3 Å². The summed E-state index contributed by atoms with van der Waals surface area (Å²) in [5, 5.41) is 0. The Labute approximate surface area is 71.2 Å². The van der Waals surface area contributed by atoms with Gasteiger partial charge in [0, 0.05) is 5.66 Å². The van der Waals surface area contributed by atoms with Gasteiger partial charge in [0.1, 0.15) is 0 Å². The van der Waals surface area contributed by atoms with Crippen LogP contribution in [0.4, 0.5) is 0 Å². The maximum absolute atomic E-state index is 2.89. The van der Waals surface area contributed by atoms with Gasteiger partial charge in [0.2, 0.25) is 0 Å². The summed E-state index contributed by atoms with van der Waals surface area (Å²) in [6.07, 6.45) is 0. The predicted octanol–water partition coefficient (Wildman–Crippen LogP) is 3.26. The molecule has 0 bridgehead atoms. The van der Waals surface area contributed by atoms with Gasteiger partial charge in [-0.05, 0) is 11.5 Å². The fraction of sp³-hybridized carbons (Fsp3) is 0.400. The third-order valence-electron chi connectivity index (χ3n) is 1.90. The van der Waals surface area contributed by atoms with Gasteiger partial charge >= 0.3 is 0 Å². The van der Waals surface area contributed by atoms with Crippen LogP contribution in [0.25, 0.3) is 0 Å². The second-order valence-corrected chi connectivity index (χ2v) is 3.90. The molecule has 0 saturated carbocycles. The molecule has 2 atom stereocenters. The molecule has 0 nitrogen and oxygen atoms in total.